The molecule has 0 aliphatic rings. The first kappa shape index (κ1) is 23.3. The Bertz CT molecular complexity index is 1410. The zero-order valence-electron chi connectivity index (χ0n) is 19.0. The largest absolute Gasteiger partial charge is 0.272 e. The molecule has 8 heteroatoms. The highest BCUT2D eigenvalue weighted by molar-refractivity contribution is 8.00. The van der Waals surface area contributed by atoms with Gasteiger partial charge in [-0.15, -0.1) is 0 Å². The third-order valence-electron chi connectivity index (χ3n) is 5.39. The number of para-hydroxylation sites is 2. The van der Waals surface area contributed by atoms with E-state index in [-0.39, 0.29) is 5.56 Å². The summed E-state index contributed by atoms with van der Waals surface area (Å²) in [4.78, 5) is 43.2. The number of carbonyl (C=O) groups is 2. The van der Waals surface area contributed by atoms with Crippen molar-refractivity contribution in [3.8, 4) is 5.69 Å². The van der Waals surface area contributed by atoms with Crippen LogP contribution < -0.4 is 16.4 Å². The number of benzene rings is 3. The Morgan fingerprint density at radius 3 is 2.24 bits per heavy atom. The second kappa shape index (κ2) is 9.93. The van der Waals surface area contributed by atoms with E-state index < -0.39 is 17.1 Å². The Morgan fingerprint density at radius 1 is 0.882 bits per heavy atom. The minimum Gasteiger partial charge on any atom is -0.272 e. The fraction of sp³-hybridized carbons (Fsp3) is 0.154. The maximum absolute atomic E-state index is 13.5. The standard InChI is InChI=1S/C26H24N4O3S/c1-16-10-9-11-17(2)22(16)30-25(33)20-14-7-8-15-21(20)27-26(30)34-18(3)23(31)28-29-24(32)19-12-5-4-6-13-19/h4-15,18H,1-3H3,(H,28,31)(H,29,32)/t18-/m0/s1. The second-order valence-corrected chi connectivity index (χ2v) is 9.17. The van der Waals surface area contributed by atoms with Crippen molar-refractivity contribution >= 4 is 34.5 Å². The van der Waals surface area contributed by atoms with E-state index in [1.54, 1.807) is 60.0 Å². The smallest absolute Gasteiger partial charge is 0.269 e. The van der Waals surface area contributed by atoms with Crippen LogP contribution in [0, 0.1) is 13.8 Å². The van der Waals surface area contributed by atoms with E-state index in [1.165, 1.54) is 0 Å². The third-order valence-corrected chi connectivity index (χ3v) is 6.45. The average molecular weight is 473 g/mol. The Morgan fingerprint density at radius 2 is 1.53 bits per heavy atom. The fourth-order valence-corrected chi connectivity index (χ4v) is 4.55. The van der Waals surface area contributed by atoms with Crippen molar-refractivity contribution in [3.63, 3.8) is 0 Å². The van der Waals surface area contributed by atoms with E-state index in [4.69, 9.17) is 4.98 Å². The summed E-state index contributed by atoms with van der Waals surface area (Å²) in [5.74, 6) is -0.827. The molecule has 4 rings (SSSR count). The van der Waals surface area contributed by atoms with Gasteiger partial charge in [-0.1, -0.05) is 60.3 Å². The van der Waals surface area contributed by atoms with Gasteiger partial charge in [-0.2, -0.15) is 0 Å². The molecule has 2 N–H and O–H groups in total. The summed E-state index contributed by atoms with van der Waals surface area (Å²) in [7, 11) is 0. The van der Waals surface area contributed by atoms with Gasteiger partial charge in [0.2, 0.25) is 0 Å². The predicted octanol–water partition coefficient (Wildman–Crippen LogP) is 3.94. The molecule has 1 aromatic heterocycles. The van der Waals surface area contributed by atoms with Crippen LogP contribution >= 0.6 is 11.8 Å². The molecule has 0 bridgehead atoms. The molecule has 34 heavy (non-hydrogen) atoms. The van der Waals surface area contributed by atoms with Crippen LogP contribution in [0.15, 0.2) is 82.7 Å². The molecule has 0 unspecified atom stereocenters. The predicted molar refractivity (Wildman–Crippen MR) is 134 cm³/mol. The first-order chi connectivity index (χ1) is 16.4. The van der Waals surface area contributed by atoms with Gasteiger partial charge >= 0.3 is 0 Å². The first-order valence-corrected chi connectivity index (χ1v) is 11.6. The molecule has 2 amide bonds. The lowest BCUT2D eigenvalue weighted by Gasteiger charge is -2.19. The van der Waals surface area contributed by atoms with E-state index in [2.05, 4.69) is 10.9 Å². The lowest BCUT2D eigenvalue weighted by Crippen LogP contribution is -2.45. The third kappa shape index (κ3) is 4.72. The number of hydrogen-bond donors (Lipinski definition) is 2. The van der Waals surface area contributed by atoms with Crippen molar-refractivity contribution in [2.24, 2.45) is 0 Å². The molecule has 0 aliphatic heterocycles. The normalized spacial score (nSPS) is 11.7. The molecule has 4 aromatic rings. The molecule has 0 radical (unpaired) electrons. The Kier molecular flexibility index (Phi) is 6.79. The zero-order chi connectivity index (χ0) is 24.2. The number of aryl methyl sites for hydroxylation is 2. The van der Waals surface area contributed by atoms with Crippen molar-refractivity contribution in [2.45, 2.75) is 31.2 Å². The van der Waals surface area contributed by atoms with Crippen molar-refractivity contribution in [2.75, 3.05) is 0 Å². The molecular weight excluding hydrogens is 448 g/mol. The van der Waals surface area contributed by atoms with Crippen LogP contribution in [-0.4, -0.2) is 26.6 Å². The SMILES string of the molecule is Cc1cccc(C)c1-n1c(S[C@@H](C)C(=O)NNC(=O)c2ccccc2)nc2ccccc2c1=O. The first-order valence-electron chi connectivity index (χ1n) is 10.8. The van der Waals surface area contributed by atoms with E-state index >= 15 is 0 Å². The van der Waals surface area contributed by atoms with Gasteiger partial charge < -0.3 is 0 Å². The number of nitrogens with zero attached hydrogens (tertiary/aromatic N) is 2. The highest BCUT2D eigenvalue weighted by Gasteiger charge is 2.22. The molecule has 0 fully saturated rings. The number of fused-ring (bicyclic) bond motifs is 1. The Balaban J connectivity index is 1.65. The second-order valence-electron chi connectivity index (χ2n) is 7.86. The van der Waals surface area contributed by atoms with Crippen LogP contribution in [0.1, 0.15) is 28.4 Å². The van der Waals surface area contributed by atoms with Crippen LogP contribution in [0.25, 0.3) is 16.6 Å². The average Bonchev–Trinajstić information content (AvgIpc) is 2.84. The van der Waals surface area contributed by atoms with E-state index in [0.29, 0.717) is 21.6 Å². The van der Waals surface area contributed by atoms with Gasteiger partial charge in [-0.25, -0.2) is 4.98 Å². The van der Waals surface area contributed by atoms with Crippen molar-refractivity contribution in [1.82, 2.24) is 20.4 Å². The molecule has 7 nitrogen and oxygen atoms in total. The fourth-order valence-electron chi connectivity index (χ4n) is 3.64. The van der Waals surface area contributed by atoms with Gasteiger partial charge in [0.1, 0.15) is 0 Å². The number of hydrogen-bond acceptors (Lipinski definition) is 5. The maximum Gasteiger partial charge on any atom is 0.269 e. The highest BCUT2D eigenvalue weighted by Crippen LogP contribution is 2.27. The summed E-state index contributed by atoms with van der Waals surface area (Å²) in [6, 6.07) is 21.6. The lowest BCUT2D eigenvalue weighted by atomic mass is 10.1. The van der Waals surface area contributed by atoms with Crippen LogP contribution in [0.5, 0.6) is 0 Å². The van der Waals surface area contributed by atoms with E-state index in [0.717, 1.165) is 28.6 Å². The summed E-state index contributed by atoms with van der Waals surface area (Å²) in [5.41, 5.74) is 8.28. The minimum atomic E-state index is -0.639. The quantitative estimate of drug-likeness (QED) is 0.261. The van der Waals surface area contributed by atoms with Gasteiger partial charge in [-0.3, -0.25) is 29.8 Å². The van der Waals surface area contributed by atoms with Crippen LogP contribution in [0.3, 0.4) is 0 Å². The molecule has 172 valence electrons. The lowest BCUT2D eigenvalue weighted by molar-refractivity contribution is -0.121. The summed E-state index contributed by atoms with van der Waals surface area (Å²) in [6.45, 7) is 5.58. The number of hydrazine groups is 1. The number of amides is 2. The van der Waals surface area contributed by atoms with Gasteiger partial charge in [0.05, 0.1) is 21.8 Å². The molecular formula is C26H24N4O3S. The number of rotatable bonds is 5. The molecule has 0 saturated carbocycles. The number of carbonyl (C=O) groups excluding carboxylic acids is 2. The summed E-state index contributed by atoms with van der Waals surface area (Å²) >= 11 is 1.16. The summed E-state index contributed by atoms with van der Waals surface area (Å²) in [6.07, 6.45) is 0. The highest BCUT2D eigenvalue weighted by atomic mass is 32.2. The zero-order valence-corrected chi connectivity index (χ0v) is 19.8. The van der Waals surface area contributed by atoms with Gasteiger partial charge in [0.15, 0.2) is 5.16 Å². The topological polar surface area (TPSA) is 93.1 Å². The number of thioether (sulfide) groups is 1. The van der Waals surface area contributed by atoms with E-state index in [1.807, 2.05) is 38.1 Å². The Labute approximate surface area is 201 Å². The number of nitrogens with one attached hydrogen (secondary N) is 2. The van der Waals surface area contributed by atoms with E-state index in [9.17, 15) is 14.4 Å². The van der Waals surface area contributed by atoms with Crippen molar-refractivity contribution in [1.29, 1.82) is 0 Å². The molecule has 1 atom stereocenters. The maximum atomic E-state index is 13.5. The van der Waals surface area contributed by atoms with Crippen LogP contribution in [0.2, 0.25) is 0 Å². The van der Waals surface area contributed by atoms with Gasteiger partial charge in [0, 0.05) is 5.56 Å². The van der Waals surface area contributed by atoms with Gasteiger partial charge in [0.25, 0.3) is 17.4 Å². The van der Waals surface area contributed by atoms with Crippen LogP contribution in [0.4, 0.5) is 0 Å². The summed E-state index contributed by atoms with van der Waals surface area (Å²) in [5, 5.41) is 0.263. The van der Waals surface area contributed by atoms with Crippen molar-refractivity contribution in [3.05, 3.63) is 99.8 Å². The monoisotopic (exact) mass is 472 g/mol. The molecule has 3 aromatic carbocycles. The van der Waals surface area contributed by atoms with Gasteiger partial charge in [-0.05, 0) is 56.2 Å². The molecule has 0 saturated heterocycles. The minimum absolute atomic E-state index is 0.199. The molecule has 0 aliphatic carbocycles. The molecule has 1 heterocycles. The molecule has 0 spiro atoms. The summed E-state index contributed by atoms with van der Waals surface area (Å²) < 4.78 is 1.57. The van der Waals surface area contributed by atoms with Crippen LogP contribution in [-0.2, 0) is 4.79 Å². The Hall–Kier alpha value is -3.91. The number of aromatic nitrogens is 2. The van der Waals surface area contributed by atoms with Crippen molar-refractivity contribution < 1.29 is 9.59 Å².